The number of methoxy groups -OCH3 is 1. The molecule has 19 heavy (non-hydrogen) atoms. The van der Waals surface area contributed by atoms with E-state index in [1.54, 1.807) is 0 Å². The van der Waals surface area contributed by atoms with Crippen LogP contribution in [0.1, 0.15) is 12.8 Å². The van der Waals surface area contributed by atoms with Gasteiger partial charge >= 0.3 is 5.97 Å². The standard InChI is InChI=1S/C12H13NO6/c1-18-9-5-4-8(13(16)17)6-10(9)19-11(12(14)15)7-2-3-7/h4-7,11H,2-3H2,1H3,(H,14,15). The number of rotatable bonds is 6. The Morgan fingerprint density at radius 3 is 2.63 bits per heavy atom. The maximum atomic E-state index is 11.1. The van der Waals surface area contributed by atoms with E-state index in [0.717, 1.165) is 12.8 Å². The Labute approximate surface area is 108 Å². The SMILES string of the molecule is COc1ccc([N+](=O)[O-])cc1OC(C(=O)O)C1CC1. The van der Waals surface area contributed by atoms with Gasteiger partial charge in [0.2, 0.25) is 0 Å². The van der Waals surface area contributed by atoms with Crippen LogP contribution in [0.5, 0.6) is 11.5 Å². The Kier molecular flexibility index (Phi) is 3.55. The smallest absolute Gasteiger partial charge is 0.345 e. The minimum Gasteiger partial charge on any atom is -0.493 e. The van der Waals surface area contributed by atoms with Crippen LogP contribution < -0.4 is 9.47 Å². The molecule has 0 saturated heterocycles. The molecule has 2 rings (SSSR count). The van der Waals surface area contributed by atoms with Crippen LogP contribution in [0.2, 0.25) is 0 Å². The molecule has 0 spiro atoms. The van der Waals surface area contributed by atoms with E-state index in [-0.39, 0.29) is 23.1 Å². The minimum absolute atomic E-state index is 0.0403. The van der Waals surface area contributed by atoms with E-state index < -0.39 is 17.0 Å². The summed E-state index contributed by atoms with van der Waals surface area (Å²) < 4.78 is 10.4. The van der Waals surface area contributed by atoms with Crippen LogP contribution >= 0.6 is 0 Å². The largest absolute Gasteiger partial charge is 0.493 e. The summed E-state index contributed by atoms with van der Waals surface area (Å²) in [5.41, 5.74) is -0.171. The average molecular weight is 267 g/mol. The Hall–Kier alpha value is -2.31. The molecule has 0 bridgehead atoms. The first-order chi connectivity index (χ1) is 9.02. The van der Waals surface area contributed by atoms with Crippen molar-refractivity contribution >= 4 is 11.7 Å². The second-order valence-electron chi connectivity index (χ2n) is 4.31. The third-order valence-corrected chi connectivity index (χ3v) is 2.91. The third kappa shape index (κ3) is 2.93. The van der Waals surface area contributed by atoms with Crippen molar-refractivity contribution in [3.63, 3.8) is 0 Å². The van der Waals surface area contributed by atoms with Gasteiger partial charge in [-0.1, -0.05) is 0 Å². The number of benzene rings is 1. The fourth-order valence-corrected chi connectivity index (χ4v) is 1.76. The van der Waals surface area contributed by atoms with Gasteiger partial charge in [-0.2, -0.15) is 0 Å². The highest BCUT2D eigenvalue weighted by Crippen LogP contribution is 2.38. The molecule has 1 unspecified atom stereocenters. The lowest BCUT2D eigenvalue weighted by atomic mass is 10.2. The predicted octanol–water partition coefficient (Wildman–Crippen LogP) is 1.85. The normalized spacial score (nSPS) is 15.6. The van der Waals surface area contributed by atoms with Crippen molar-refractivity contribution in [3.05, 3.63) is 28.3 Å². The number of nitrogens with zero attached hydrogens (tertiary/aromatic N) is 1. The van der Waals surface area contributed by atoms with E-state index in [1.807, 2.05) is 0 Å². The summed E-state index contributed by atoms with van der Waals surface area (Å²) >= 11 is 0. The van der Waals surface area contributed by atoms with Crippen molar-refractivity contribution in [3.8, 4) is 11.5 Å². The number of ether oxygens (including phenoxy) is 2. The maximum Gasteiger partial charge on any atom is 0.345 e. The molecule has 1 aliphatic rings. The van der Waals surface area contributed by atoms with Gasteiger partial charge in [-0.3, -0.25) is 10.1 Å². The monoisotopic (exact) mass is 267 g/mol. The van der Waals surface area contributed by atoms with Gasteiger partial charge in [-0.15, -0.1) is 0 Å². The van der Waals surface area contributed by atoms with Crippen molar-refractivity contribution in [2.45, 2.75) is 18.9 Å². The molecule has 7 heteroatoms. The molecule has 102 valence electrons. The first kappa shape index (κ1) is 13.1. The molecule has 1 aliphatic carbocycles. The molecule has 0 radical (unpaired) electrons. The van der Waals surface area contributed by atoms with Crippen molar-refractivity contribution in [1.29, 1.82) is 0 Å². The van der Waals surface area contributed by atoms with E-state index in [2.05, 4.69) is 0 Å². The Balaban J connectivity index is 2.28. The highest BCUT2D eigenvalue weighted by atomic mass is 16.6. The van der Waals surface area contributed by atoms with Crippen LogP contribution in [0, 0.1) is 16.0 Å². The molecule has 0 amide bonds. The van der Waals surface area contributed by atoms with Gasteiger partial charge < -0.3 is 14.6 Å². The molecule has 0 aliphatic heterocycles. The second kappa shape index (κ2) is 5.13. The quantitative estimate of drug-likeness (QED) is 0.623. The van der Waals surface area contributed by atoms with Gasteiger partial charge in [0.1, 0.15) is 0 Å². The van der Waals surface area contributed by atoms with E-state index in [1.165, 1.54) is 25.3 Å². The number of carbonyl (C=O) groups is 1. The Bertz CT molecular complexity index is 511. The zero-order valence-electron chi connectivity index (χ0n) is 10.2. The van der Waals surface area contributed by atoms with E-state index in [0.29, 0.717) is 0 Å². The number of carboxylic acid groups (broad SMARTS) is 1. The molecule has 0 aromatic heterocycles. The van der Waals surface area contributed by atoms with E-state index in [9.17, 15) is 14.9 Å². The van der Waals surface area contributed by atoms with Crippen LogP contribution in [0.4, 0.5) is 5.69 Å². The molecular weight excluding hydrogens is 254 g/mol. The van der Waals surface area contributed by atoms with Gasteiger partial charge in [-0.05, 0) is 18.9 Å². The second-order valence-corrected chi connectivity index (χ2v) is 4.31. The number of non-ortho nitro benzene ring substituents is 1. The van der Waals surface area contributed by atoms with Crippen LogP contribution in [-0.2, 0) is 4.79 Å². The number of hydrogen-bond acceptors (Lipinski definition) is 5. The van der Waals surface area contributed by atoms with Gasteiger partial charge in [-0.25, -0.2) is 4.79 Å². The summed E-state index contributed by atoms with van der Waals surface area (Å²) in [6.45, 7) is 0. The van der Waals surface area contributed by atoms with Crippen molar-refractivity contribution in [1.82, 2.24) is 0 Å². The summed E-state index contributed by atoms with van der Waals surface area (Å²) in [6.07, 6.45) is 0.582. The first-order valence-electron chi connectivity index (χ1n) is 5.75. The molecule has 7 nitrogen and oxygen atoms in total. The molecule has 1 fully saturated rings. The van der Waals surface area contributed by atoms with Gasteiger partial charge in [0.15, 0.2) is 17.6 Å². The van der Waals surface area contributed by atoms with Gasteiger partial charge in [0.25, 0.3) is 5.69 Å². The predicted molar refractivity (Wildman–Crippen MR) is 64.4 cm³/mol. The highest BCUT2D eigenvalue weighted by molar-refractivity contribution is 5.74. The Morgan fingerprint density at radius 2 is 2.16 bits per heavy atom. The zero-order valence-corrected chi connectivity index (χ0v) is 10.2. The van der Waals surface area contributed by atoms with Crippen LogP contribution in [0.15, 0.2) is 18.2 Å². The van der Waals surface area contributed by atoms with Crippen molar-refractivity contribution in [2.24, 2.45) is 5.92 Å². The summed E-state index contributed by atoms with van der Waals surface area (Å²) in [6, 6.07) is 3.84. The first-order valence-corrected chi connectivity index (χ1v) is 5.75. The molecule has 1 aromatic rings. The number of nitro benzene ring substituents is 1. The number of carboxylic acids is 1. The summed E-state index contributed by atoms with van der Waals surface area (Å²) in [7, 11) is 1.39. The molecule has 1 N–H and O–H groups in total. The highest BCUT2D eigenvalue weighted by Gasteiger charge is 2.38. The van der Waals surface area contributed by atoms with Gasteiger partial charge in [0, 0.05) is 12.0 Å². The average Bonchev–Trinajstić information content (AvgIpc) is 3.19. The summed E-state index contributed by atoms with van der Waals surface area (Å²) in [4.78, 5) is 21.2. The van der Waals surface area contributed by atoms with Crippen LogP contribution in [0.25, 0.3) is 0 Å². The number of hydrogen-bond donors (Lipinski definition) is 1. The molecular formula is C12H13NO6. The lowest BCUT2D eigenvalue weighted by molar-refractivity contribution is -0.385. The summed E-state index contributed by atoms with van der Waals surface area (Å²) in [5, 5.41) is 19.8. The lowest BCUT2D eigenvalue weighted by Crippen LogP contribution is -2.29. The topological polar surface area (TPSA) is 98.9 Å². The number of aliphatic carboxylic acids is 1. The molecule has 0 heterocycles. The fraction of sp³-hybridized carbons (Fsp3) is 0.417. The zero-order chi connectivity index (χ0) is 14.0. The Morgan fingerprint density at radius 1 is 1.47 bits per heavy atom. The third-order valence-electron chi connectivity index (χ3n) is 2.91. The van der Waals surface area contributed by atoms with E-state index in [4.69, 9.17) is 14.6 Å². The van der Waals surface area contributed by atoms with Crippen molar-refractivity contribution < 1.29 is 24.3 Å². The van der Waals surface area contributed by atoms with E-state index >= 15 is 0 Å². The van der Waals surface area contributed by atoms with Crippen LogP contribution in [-0.4, -0.2) is 29.2 Å². The molecule has 1 saturated carbocycles. The lowest BCUT2D eigenvalue weighted by Gasteiger charge is -2.16. The summed E-state index contributed by atoms with van der Waals surface area (Å²) in [5.74, 6) is -0.758. The maximum absolute atomic E-state index is 11.1. The molecule has 1 atom stereocenters. The molecule has 1 aromatic carbocycles. The van der Waals surface area contributed by atoms with Crippen LogP contribution in [0.3, 0.4) is 0 Å². The van der Waals surface area contributed by atoms with Crippen molar-refractivity contribution in [2.75, 3.05) is 7.11 Å². The van der Waals surface area contributed by atoms with Gasteiger partial charge in [0.05, 0.1) is 18.1 Å². The fourth-order valence-electron chi connectivity index (χ4n) is 1.76. The number of nitro groups is 1. The minimum atomic E-state index is -1.07.